The van der Waals surface area contributed by atoms with Crippen molar-refractivity contribution in [1.82, 2.24) is 20.1 Å². The summed E-state index contributed by atoms with van der Waals surface area (Å²) in [5.74, 6) is -0.704. The van der Waals surface area contributed by atoms with Crippen molar-refractivity contribution in [2.75, 3.05) is 52.5 Å². The van der Waals surface area contributed by atoms with E-state index in [1.807, 2.05) is 20.8 Å². The molecule has 31 heavy (non-hydrogen) atoms. The lowest BCUT2D eigenvalue weighted by atomic mass is 10.1. The number of esters is 1. The quantitative estimate of drug-likeness (QED) is 0.478. The lowest BCUT2D eigenvalue weighted by Crippen LogP contribution is -2.52. The predicted molar refractivity (Wildman–Crippen MR) is 118 cm³/mol. The normalized spacial score (nSPS) is 14.9. The average molecular weight is 437 g/mol. The Hall–Kier alpha value is -2.39. The van der Waals surface area contributed by atoms with E-state index in [2.05, 4.69) is 15.2 Å². The average Bonchev–Trinajstić information content (AvgIpc) is 2.99. The van der Waals surface area contributed by atoms with Crippen LogP contribution in [0.25, 0.3) is 0 Å². The molecule has 1 fully saturated rings. The van der Waals surface area contributed by atoms with E-state index >= 15 is 0 Å². The molecule has 0 aliphatic carbocycles. The maximum absolute atomic E-state index is 13.2. The number of Topliss-reactive ketones (excluding diaryl/α,β-unsaturated/α-hetero) is 1. The molecule has 1 aromatic rings. The lowest BCUT2D eigenvalue weighted by Gasteiger charge is -2.32. The van der Waals surface area contributed by atoms with Gasteiger partial charge in [0.15, 0.2) is 5.78 Å². The molecule has 174 valence electrons. The number of morpholine rings is 1. The number of aromatic nitrogens is 1. The standard InChI is InChI=1S/C22H36N4O5/c1-7-31-20(28)19-15(2)18(16(3)23-19)17(27)14-26(21(29)24-22(4,5)6)9-8-25-10-12-30-13-11-25/h23H,7-14H2,1-6H3,(H,24,29). The van der Waals surface area contributed by atoms with Crippen LogP contribution in [0.4, 0.5) is 4.79 Å². The molecule has 0 aromatic carbocycles. The summed E-state index contributed by atoms with van der Waals surface area (Å²) in [4.78, 5) is 45.0. The largest absolute Gasteiger partial charge is 0.461 e. The fraction of sp³-hybridized carbons (Fsp3) is 0.682. The van der Waals surface area contributed by atoms with Crippen LogP contribution in [0.1, 0.15) is 59.8 Å². The zero-order chi connectivity index (χ0) is 23.2. The summed E-state index contributed by atoms with van der Waals surface area (Å²) in [7, 11) is 0. The molecule has 2 amide bonds. The molecule has 1 aliphatic heterocycles. The Bertz CT molecular complexity index is 791. The fourth-order valence-electron chi connectivity index (χ4n) is 3.57. The topological polar surface area (TPSA) is 104 Å². The Balaban J connectivity index is 2.17. The van der Waals surface area contributed by atoms with E-state index in [0.29, 0.717) is 43.1 Å². The van der Waals surface area contributed by atoms with E-state index in [-0.39, 0.29) is 30.7 Å². The fourth-order valence-corrected chi connectivity index (χ4v) is 3.57. The summed E-state index contributed by atoms with van der Waals surface area (Å²) < 4.78 is 10.4. The molecule has 1 saturated heterocycles. The summed E-state index contributed by atoms with van der Waals surface area (Å²) in [6, 6.07) is -0.287. The minimum Gasteiger partial charge on any atom is -0.461 e. The first kappa shape index (κ1) is 24.9. The first-order chi connectivity index (χ1) is 14.5. The van der Waals surface area contributed by atoms with E-state index in [9.17, 15) is 14.4 Å². The van der Waals surface area contributed by atoms with Gasteiger partial charge in [-0.1, -0.05) is 0 Å². The van der Waals surface area contributed by atoms with E-state index in [1.165, 1.54) is 0 Å². The summed E-state index contributed by atoms with van der Waals surface area (Å²) >= 11 is 0. The smallest absolute Gasteiger partial charge is 0.355 e. The third-order valence-corrected chi connectivity index (χ3v) is 5.09. The molecule has 2 heterocycles. The van der Waals surface area contributed by atoms with Gasteiger partial charge in [-0.2, -0.15) is 0 Å². The van der Waals surface area contributed by atoms with Gasteiger partial charge in [-0.15, -0.1) is 0 Å². The second kappa shape index (κ2) is 10.8. The molecule has 1 aromatic heterocycles. The molecule has 1 aliphatic rings. The molecule has 9 heteroatoms. The van der Waals surface area contributed by atoms with Gasteiger partial charge in [0.1, 0.15) is 5.69 Å². The van der Waals surface area contributed by atoms with Crippen molar-refractivity contribution in [2.24, 2.45) is 0 Å². The number of ketones is 1. The first-order valence-electron chi connectivity index (χ1n) is 10.8. The maximum Gasteiger partial charge on any atom is 0.355 e. The lowest BCUT2D eigenvalue weighted by molar-refractivity contribution is 0.0347. The number of nitrogens with one attached hydrogen (secondary N) is 2. The number of hydrogen-bond donors (Lipinski definition) is 2. The highest BCUT2D eigenvalue weighted by Crippen LogP contribution is 2.20. The van der Waals surface area contributed by atoms with Crippen molar-refractivity contribution in [2.45, 2.75) is 47.1 Å². The molecule has 0 saturated carbocycles. The monoisotopic (exact) mass is 436 g/mol. The molecule has 0 spiro atoms. The molecular formula is C22H36N4O5. The van der Waals surface area contributed by atoms with Gasteiger partial charge in [-0.25, -0.2) is 9.59 Å². The SMILES string of the molecule is CCOC(=O)c1[nH]c(C)c(C(=O)CN(CCN2CCOCC2)C(=O)NC(C)(C)C)c1C. The molecule has 0 bridgehead atoms. The predicted octanol–water partition coefficient (Wildman–Crippen LogP) is 2.13. The molecule has 2 rings (SSSR count). The van der Waals surface area contributed by atoms with Gasteiger partial charge < -0.3 is 24.7 Å². The van der Waals surface area contributed by atoms with Gasteiger partial charge >= 0.3 is 12.0 Å². The van der Waals surface area contributed by atoms with Crippen LogP contribution in [0, 0.1) is 13.8 Å². The van der Waals surface area contributed by atoms with Gasteiger partial charge in [0.05, 0.1) is 26.4 Å². The molecule has 0 radical (unpaired) electrons. The minimum absolute atomic E-state index is 0.0753. The maximum atomic E-state index is 13.2. The van der Waals surface area contributed by atoms with Crippen LogP contribution in [0.15, 0.2) is 0 Å². The third-order valence-electron chi connectivity index (χ3n) is 5.09. The van der Waals surface area contributed by atoms with Crippen LogP contribution in [0.5, 0.6) is 0 Å². The Labute approximate surface area is 184 Å². The summed E-state index contributed by atoms with van der Waals surface area (Å²) in [6.45, 7) is 15.1. The van der Waals surface area contributed by atoms with Crippen molar-refractivity contribution in [3.8, 4) is 0 Å². The molecular weight excluding hydrogens is 400 g/mol. The molecule has 0 atom stereocenters. The number of aryl methyl sites for hydroxylation is 1. The van der Waals surface area contributed by atoms with Crippen molar-refractivity contribution < 1.29 is 23.9 Å². The minimum atomic E-state index is -0.489. The second-order valence-corrected chi connectivity index (χ2v) is 8.82. The molecule has 0 unspecified atom stereocenters. The van der Waals surface area contributed by atoms with Crippen molar-refractivity contribution >= 4 is 17.8 Å². The van der Waals surface area contributed by atoms with Gasteiger partial charge in [-0.05, 0) is 47.1 Å². The zero-order valence-corrected chi connectivity index (χ0v) is 19.6. The Morgan fingerprint density at radius 1 is 1.19 bits per heavy atom. The Kier molecular flexibility index (Phi) is 8.64. The number of H-pyrrole nitrogens is 1. The van der Waals surface area contributed by atoms with Crippen molar-refractivity contribution in [3.05, 3.63) is 22.5 Å². The molecule has 9 nitrogen and oxygen atoms in total. The Morgan fingerprint density at radius 2 is 1.84 bits per heavy atom. The Morgan fingerprint density at radius 3 is 2.42 bits per heavy atom. The van der Waals surface area contributed by atoms with E-state index in [4.69, 9.17) is 9.47 Å². The number of hydrogen-bond acceptors (Lipinski definition) is 6. The van der Waals surface area contributed by atoms with E-state index in [1.54, 1.807) is 25.7 Å². The van der Waals surface area contributed by atoms with Crippen LogP contribution in [0.3, 0.4) is 0 Å². The number of aromatic amines is 1. The van der Waals surface area contributed by atoms with Crippen LogP contribution in [0.2, 0.25) is 0 Å². The number of amides is 2. The highest BCUT2D eigenvalue weighted by atomic mass is 16.5. The number of urea groups is 1. The van der Waals surface area contributed by atoms with Crippen LogP contribution >= 0.6 is 0 Å². The van der Waals surface area contributed by atoms with Crippen LogP contribution < -0.4 is 5.32 Å². The highest BCUT2D eigenvalue weighted by Gasteiger charge is 2.27. The van der Waals surface area contributed by atoms with Crippen LogP contribution in [-0.4, -0.2) is 90.7 Å². The number of rotatable bonds is 8. The molecule has 2 N–H and O–H groups in total. The third kappa shape index (κ3) is 7.07. The van der Waals surface area contributed by atoms with Crippen molar-refractivity contribution in [3.63, 3.8) is 0 Å². The highest BCUT2D eigenvalue weighted by molar-refractivity contribution is 6.04. The number of ether oxygens (including phenoxy) is 2. The first-order valence-corrected chi connectivity index (χ1v) is 10.8. The van der Waals surface area contributed by atoms with Gasteiger partial charge in [0.25, 0.3) is 0 Å². The summed E-state index contributed by atoms with van der Waals surface area (Å²) in [5.41, 5.74) is 1.43. The second-order valence-electron chi connectivity index (χ2n) is 8.82. The number of carbonyl (C=O) groups is 3. The summed E-state index contributed by atoms with van der Waals surface area (Å²) in [6.07, 6.45) is 0. The number of carbonyl (C=O) groups excluding carboxylic acids is 3. The zero-order valence-electron chi connectivity index (χ0n) is 19.6. The van der Waals surface area contributed by atoms with Crippen LogP contribution in [-0.2, 0) is 9.47 Å². The number of nitrogens with zero attached hydrogens (tertiary/aromatic N) is 2. The van der Waals surface area contributed by atoms with Gasteiger partial charge in [0.2, 0.25) is 0 Å². The van der Waals surface area contributed by atoms with Gasteiger partial charge in [0, 0.05) is 43.0 Å². The van der Waals surface area contributed by atoms with E-state index < -0.39 is 11.5 Å². The van der Waals surface area contributed by atoms with Gasteiger partial charge in [-0.3, -0.25) is 9.69 Å². The van der Waals surface area contributed by atoms with E-state index in [0.717, 1.165) is 13.1 Å². The summed E-state index contributed by atoms with van der Waals surface area (Å²) in [5, 5.41) is 2.94. The van der Waals surface area contributed by atoms with Crippen molar-refractivity contribution in [1.29, 1.82) is 0 Å².